The topological polar surface area (TPSA) is 88.6 Å². The van der Waals surface area contributed by atoms with Crippen LogP contribution in [0.15, 0.2) is 42.6 Å². The van der Waals surface area contributed by atoms with Gasteiger partial charge in [0.15, 0.2) is 0 Å². The maximum Gasteiger partial charge on any atom is 0.255 e. The van der Waals surface area contributed by atoms with E-state index in [-0.39, 0.29) is 18.0 Å². The maximum atomic E-state index is 12.4. The highest BCUT2D eigenvalue weighted by molar-refractivity contribution is 7.92. The third-order valence-electron chi connectivity index (χ3n) is 3.44. The van der Waals surface area contributed by atoms with Crippen LogP contribution in [0.4, 0.5) is 5.69 Å². The van der Waals surface area contributed by atoms with E-state index in [9.17, 15) is 13.2 Å². The molecule has 1 heterocycles. The average Bonchev–Trinajstić information content (AvgIpc) is 2.58. The molecular weight excluding hydrogens is 330 g/mol. The fraction of sp³-hybridized carbons (Fsp3) is 0.250. The zero-order valence-corrected chi connectivity index (χ0v) is 14.5. The highest BCUT2D eigenvalue weighted by Gasteiger charge is 2.18. The van der Waals surface area contributed by atoms with Crippen LogP contribution < -0.4 is 14.4 Å². The van der Waals surface area contributed by atoms with E-state index >= 15 is 0 Å². The number of ether oxygens (including phenoxy) is 1. The smallest absolute Gasteiger partial charge is 0.255 e. The molecule has 24 heavy (non-hydrogen) atoms. The Morgan fingerprint density at radius 3 is 2.62 bits per heavy atom. The molecule has 1 N–H and O–H groups in total. The monoisotopic (exact) mass is 349 g/mol. The van der Waals surface area contributed by atoms with E-state index in [0.29, 0.717) is 17.1 Å². The van der Waals surface area contributed by atoms with Crippen LogP contribution >= 0.6 is 0 Å². The highest BCUT2D eigenvalue weighted by Crippen LogP contribution is 2.25. The highest BCUT2D eigenvalue weighted by atomic mass is 32.2. The number of amides is 1. The molecule has 0 atom stereocenters. The van der Waals surface area contributed by atoms with Crippen LogP contribution in [-0.4, -0.2) is 39.7 Å². The van der Waals surface area contributed by atoms with Crippen molar-refractivity contribution in [3.05, 3.63) is 53.9 Å². The number of hydrogen-bond acceptors (Lipinski definition) is 5. The zero-order chi connectivity index (χ0) is 17.7. The second-order valence-corrected chi connectivity index (χ2v) is 7.13. The molecule has 0 aliphatic rings. The Morgan fingerprint density at radius 1 is 1.29 bits per heavy atom. The van der Waals surface area contributed by atoms with E-state index < -0.39 is 10.0 Å². The fourth-order valence-electron chi connectivity index (χ4n) is 2.03. The molecule has 0 aliphatic heterocycles. The predicted octanol–water partition coefficient (Wildman–Crippen LogP) is 1.42. The van der Waals surface area contributed by atoms with E-state index in [1.54, 1.807) is 30.5 Å². The Morgan fingerprint density at radius 2 is 2.04 bits per heavy atom. The van der Waals surface area contributed by atoms with Crippen LogP contribution in [0.2, 0.25) is 0 Å². The van der Waals surface area contributed by atoms with Crippen molar-refractivity contribution in [3.8, 4) is 5.75 Å². The number of methoxy groups -OCH3 is 1. The number of anilines is 1. The summed E-state index contributed by atoms with van der Waals surface area (Å²) >= 11 is 0. The van der Waals surface area contributed by atoms with Gasteiger partial charge >= 0.3 is 0 Å². The normalized spacial score (nSPS) is 11.0. The Labute approximate surface area is 141 Å². The summed E-state index contributed by atoms with van der Waals surface area (Å²) in [5, 5.41) is 2.75. The molecule has 0 bridgehead atoms. The van der Waals surface area contributed by atoms with Gasteiger partial charge in [0, 0.05) is 13.2 Å². The van der Waals surface area contributed by atoms with Gasteiger partial charge in [0.2, 0.25) is 10.0 Å². The largest absolute Gasteiger partial charge is 0.496 e. The van der Waals surface area contributed by atoms with Gasteiger partial charge in [0.05, 0.1) is 36.9 Å². The molecule has 1 aromatic heterocycles. The van der Waals surface area contributed by atoms with Crippen molar-refractivity contribution in [2.75, 3.05) is 24.7 Å². The second-order valence-electron chi connectivity index (χ2n) is 5.12. The van der Waals surface area contributed by atoms with Gasteiger partial charge in [-0.25, -0.2) is 8.42 Å². The van der Waals surface area contributed by atoms with Gasteiger partial charge < -0.3 is 10.1 Å². The summed E-state index contributed by atoms with van der Waals surface area (Å²) in [7, 11) is -0.550. The molecule has 128 valence electrons. The van der Waals surface area contributed by atoms with Gasteiger partial charge in [-0.1, -0.05) is 6.07 Å². The summed E-state index contributed by atoms with van der Waals surface area (Å²) < 4.78 is 29.6. The third-order valence-corrected chi connectivity index (χ3v) is 4.65. The summed E-state index contributed by atoms with van der Waals surface area (Å²) in [5.41, 5.74) is 1.34. The standard InChI is InChI=1S/C16H19N3O4S/c1-19(24(3,21)22)13-7-8-15(23-2)14(10-13)16(20)18-11-12-6-4-5-9-17-12/h4-10H,11H2,1-3H3,(H,18,20). The van der Waals surface area contributed by atoms with Crippen LogP contribution in [0.1, 0.15) is 16.1 Å². The molecule has 0 saturated heterocycles. The molecule has 0 aliphatic carbocycles. The van der Waals surface area contributed by atoms with Crippen molar-refractivity contribution in [2.24, 2.45) is 0 Å². The van der Waals surface area contributed by atoms with E-state index in [2.05, 4.69) is 10.3 Å². The lowest BCUT2D eigenvalue weighted by Gasteiger charge is -2.18. The van der Waals surface area contributed by atoms with Crippen molar-refractivity contribution in [3.63, 3.8) is 0 Å². The molecule has 0 fully saturated rings. The molecular formula is C16H19N3O4S. The molecule has 1 aromatic carbocycles. The zero-order valence-electron chi connectivity index (χ0n) is 13.7. The Bertz CT molecular complexity index is 822. The first-order chi connectivity index (χ1) is 11.3. The number of aromatic nitrogens is 1. The number of pyridine rings is 1. The van der Waals surface area contributed by atoms with Gasteiger partial charge in [0.1, 0.15) is 5.75 Å². The molecule has 7 nitrogen and oxygen atoms in total. The molecule has 0 radical (unpaired) electrons. The third kappa shape index (κ3) is 4.23. The molecule has 1 amide bonds. The van der Waals surface area contributed by atoms with Crippen molar-refractivity contribution < 1.29 is 17.9 Å². The molecule has 2 aromatic rings. The van der Waals surface area contributed by atoms with Crippen LogP contribution in [-0.2, 0) is 16.6 Å². The minimum absolute atomic E-state index is 0.251. The lowest BCUT2D eigenvalue weighted by atomic mass is 10.1. The van der Waals surface area contributed by atoms with Crippen LogP contribution in [0.25, 0.3) is 0 Å². The van der Waals surface area contributed by atoms with E-state index in [1.165, 1.54) is 20.2 Å². The Kier molecular flexibility index (Phi) is 5.40. The first kappa shape index (κ1) is 17.7. The number of nitrogens with zero attached hydrogens (tertiary/aromatic N) is 2. The van der Waals surface area contributed by atoms with Crippen LogP contribution in [0.3, 0.4) is 0 Å². The van der Waals surface area contributed by atoms with Crippen molar-refractivity contribution in [2.45, 2.75) is 6.54 Å². The maximum absolute atomic E-state index is 12.4. The molecule has 2 rings (SSSR count). The van der Waals surface area contributed by atoms with Gasteiger partial charge in [-0.3, -0.25) is 14.1 Å². The number of carbonyl (C=O) groups excluding carboxylic acids is 1. The molecule has 0 saturated carbocycles. The van der Waals surface area contributed by atoms with Crippen LogP contribution in [0, 0.1) is 0 Å². The average molecular weight is 349 g/mol. The SMILES string of the molecule is COc1ccc(N(C)S(C)(=O)=O)cc1C(=O)NCc1ccccn1. The first-order valence-corrected chi connectivity index (χ1v) is 8.98. The summed E-state index contributed by atoms with van der Waals surface area (Å²) in [6.45, 7) is 0.259. The second kappa shape index (κ2) is 7.31. The van der Waals surface area contributed by atoms with E-state index in [4.69, 9.17) is 4.74 Å². The number of carbonyl (C=O) groups is 1. The summed E-state index contributed by atoms with van der Waals surface area (Å²) in [5.74, 6) is -0.0135. The van der Waals surface area contributed by atoms with Gasteiger partial charge in [-0.2, -0.15) is 0 Å². The molecule has 0 spiro atoms. The minimum atomic E-state index is -3.42. The molecule has 0 unspecified atom stereocenters. The summed E-state index contributed by atoms with van der Waals surface area (Å²) in [4.78, 5) is 16.6. The van der Waals surface area contributed by atoms with Crippen LogP contribution in [0.5, 0.6) is 5.75 Å². The Balaban J connectivity index is 2.25. The van der Waals surface area contributed by atoms with Gasteiger partial charge in [0.25, 0.3) is 5.91 Å². The van der Waals surface area contributed by atoms with E-state index in [1.807, 2.05) is 6.07 Å². The summed E-state index contributed by atoms with van der Waals surface area (Å²) in [6.07, 6.45) is 2.74. The van der Waals surface area contributed by atoms with Crippen molar-refractivity contribution in [1.82, 2.24) is 10.3 Å². The Hall–Kier alpha value is -2.61. The number of rotatable bonds is 6. The number of benzene rings is 1. The van der Waals surface area contributed by atoms with Gasteiger partial charge in [-0.05, 0) is 30.3 Å². The van der Waals surface area contributed by atoms with Crippen molar-refractivity contribution in [1.29, 1.82) is 0 Å². The summed E-state index contributed by atoms with van der Waals surface area (Å²) in [6, 6.07) is 10.0. The molecule has 8 heteroatoms. The fourth-order valence-corrected chi connectivity index (χ4v) is 2.53. The first-order valence-electron chi connectivity index (χ1n) is 7.13. The lowest BCUT2D eigenvalue weighted by molar-refractivity contribution is 0.0947. The predicted molar refractivity (Wildman–Crippen MR) is 91.6 cm³/mol. The van der Waals surface area contributed by atoms with Gasteiger partial charge in [-0.15, -0.1) is 0 Å². The van der Waals surface area contributed by atoms with Crippen molar-refractivity contribution >= 4 is 21.6 Å². The number of hydrogen-bond donors (Lipinski definition) is 1. The minimum Gasteiger partial charge on any atom is -0.496 e. The number of sulfonamides is 1. The lowest BCUT2D eigenvalue weighted by Crippen LogP contribution is -2.27. The quantitative estimate of drug-likeness (QED) is 0.852. The van der Waals surface area contributed by atoms with E-state index in [0.717, 1.165) is 10.6 Å². The number of nitrogens with one attached hydrogen (secondary N) is 1.